The van der Waals surface area contributed by atoms with Gasteiger partial charge < -0.3 is 28.4 Å². The minimum atomic E-state index is 0.485. The van der Waals surface area contributed by atoms with E-state index in [-0.39, 0.29) is 0 Å². The van der Waals surface area contributed by atoms with Gasteiger partial charge in [0, 0.05) is 50.8 Å². The highest BCUT2D eigenvalue weighted by Crippen LogP contribution is 2.23. The van der Waals surface area contributed by atoms with E-state index in [1.165, 1.54) is 5.56 Å². The van der Waals surface area contributed by atoms with E-state index in [0.29, 0.717) is 32.9 Å². The van der Waals surface area contributed by atoms with Gasteiger partial charge >= 0.3 is 0 Å². The Balaban J connectivity index is 1.20. The quantitative estimate of drug-likeness (QED) is 0.219. The number of hydrogen-bond donors (Lipinski definition) is 0. The number of methoxy groups -OCH3 is 1. The van der Waals surface area contributed by atoms with Gasteiger partial charge in [-0.15, -0.1) is 0 Å². The number of morpholine rings is 1. The van der Waals surface area contributed by atoms with Crippen LogP contribution in [0.25, 0.3) is 5.69 Å². The first-order chi connectivity index (χ1) is 19.8. The normalized spacial score (nSPS) is 13.7. The van der Waals surface area contributed by atoms with Crippen LogP contribution in [0.2, 0.25) is 0 Å². The zero-order chi connectivity index (χ0) is 27.4. The largest absolute Gasteiger partial charge is 0.497 e. The number of hydrogen-bond acceptors (Lipinski definition) is 8. The fourth-order valence-corrected chi connectivity index (χ4v) is 4.64. The lowest BCUT2D eigenvalue weighted by Gasteiger charge is -2.26. The van der Waals surface area contributed by atoms with Crippen LogP contribution in [0.5, 0.6) is 11.5 Å². The molecule has 9 heteroatoms. The lowest BCUT2D eigenvalue weighted by molar-refractivity contribution is 0.0170. The third-order valence-electron chi connectivity index (χ3n) is 6.79. The van der Waals surface area contributed by atoms with Crippen LogP contribution in [0.1, 0.15) is 11.1 Å². The maximum atomic E-state index is 5.89. The summed E-state index contributed by atoms with van der Waals surface area (Å²) in [5, 5.41) is 0. The van der Waals surface area contributed by atoms with Crippen LogP contribution >= 0.6 is 0 Å². The van der Waals surface area contributed by atoms with Crippen molar-refractivity contribution in [2.24, 2.45) is 0 Å². The highest BCUT2D eigenvalue weighted by molar-refractivity contribution is 5.45. The molecule has 0 saturated carbocycles. The summed E-state index contributed by atoms with van der Waals surface area (Å²) >= 11 is 0. The average Bonchev–Trinajstić information content (AvgIpc) is 3.55. The molecule has 0 bridgehead atoms. The summed E-state index contributed by atoms with van der Waals surface area (Å²) in [6, 6.07) is 20.6. The summed E-state index contributed by atoms with van der Waals surface area (Å²) in [4.78, 5) is 13.5. The second-order valence-electron chi connectivity index (χ2n) is 9.61. The number of nitrogens with zero attached hydrogens (tertiary/aromatic N) is 5. The van der Waals surface area contributed by atoms with Crippen molar-refractivity contribution in [3.63, 3.8) is 0 Å². The van der Waals surface area contributed by atoms with E-state index >= 15 is 0 Å². The molecule has 0 aliphatic carbocycles. The Morgan fingerprint density at radius 3 is 2.48 bits per heavy atom. The number of rotatable bonds is 14. The molecule has 1 aliphatic heterocycles. The monoisotopic (exact) mass is 543 g/mol. The molecule has 2 aromatic carbocycles. The van der Waals surface area contributed by atoms with Crippen LogP contribution in [-0.2, 0) is 22.6 Å². The minimum Gasteiger partial charge on any atom is -0.497 e. The van der Waals surface area contributed by atoms with Gasteiger partial charge in [0.1, 0.15) is 23.9 Å². The zero-order valence-corrected chi connectivity index (χ0v) is 23.0. The van der Waals surface area contributed by atoms with Crippen molar-refractivity contribution in [2.45, 2.75) is 13.1 Å². The molecule has 2 aromatic heterocycles. The van der Waals surface area contributed by atoms with E-state index < -0.39 is 0 Å². The average molecular weight is 544 g/mol. The first kappa shape index (κ1) is 27.6. The fraction of sp³-hybridized carbons (Fsp3) is 0.355. The van der Waals surface area contributed by atoms with Crippen molar-refractivity contribution in [2.75, 3.05) is 64.7 Å². The number of anilines is 1. The predicted octanol–water partition coefficient (Wildman–Crippen LogP) is 4.21. The van der Waals surface area contributed by atoms with Crippen molar-refractivity contribution < 1.29 is 18.9 Å². The van der Waals surface area contributed by atoms with Crippen LogP contribution < -0.4 is 14.4 Å². The first-order valence-corrected chi connectivity index (χ1v) is 13.7. The van der Waals surface area contributed by atoms with Crippen LogP contribution in [-0.4, -0.2) is 79.2 Å². The van der Waals surface area contributed by atoms with Crippen molar-refractivity contribution in [3.05, 3.63) is 96.7 Å². The third-order valence-corrected chi connectivity index (χ3v) is 6.79. The second-order valence-corrected chi connectivity index (χ2v) is 9.61. The molecule has 4 aromatic rings. The van der Waals surface area contributed by atoms with Crippen LogP contribution in [0.3, 0.4) is 0 Å². The molecule has 0 atom stereocenters. The molecule has 1 fully saturated rings. The summed E-state index contributed by atoms with van der Waals surface area (Å²) in [5.41, 5.74) is 3.38. The summed E-state index contributed by atoms with van der Waals surface area (Å²) in [6.07, 6.45) is 7.32. The molecule has 3 heterocycles. The number of aromatic nitrogens is 3. The smallest absolute Gasteiger partial charge is 0.137 e. The van der Waals surface area contributed by atoms with Crippen molar-refractivity contribution in [1.29, 1.82) is 0 Å². The molecule has 0 N–H and O–H groups in total. The molecule has 1 saturated heterocycles. The number of pyridine rings is 1. The summed E-state index contributed by atoms with van der Waals surface area (Å²) in [6.45, 7) is 7.57. The van der Waals surface area contributed by atoms with Gasteiger partial charge in [0.15, 0.2) is 0 Å². The maximum Gasteiger partial charge on any atom is 0.137 e. The number of ether oxygens (including phenoxy) is 4. The van der Waals surface area contributed by atoms with Crippen LogP contribution in [0.4, 0.5) is 5.82 Å². The van der Waals surface area contributed by atoms with E-state index in [1.807, 2.05) is 41.4 Å². The Hall–Kier alpha value is -3.92. The SMILES string of the molecule is COc1cccc(CN(Cc2cccc(-n3ccnc3)c2)c2ccc(OCCOCCN3CCOCC3)cn2)c1. The van der Waals surface area contributed by atoms with Gasteiger partial charge in [-0.25, -0.2) is 9.97 Å². The van der Waals surface area contributed by atoms with E-state index in [1.54, 1.807) is 19.5 Å². The van der Waals surface area contributed by atoms with Gasteiger partial charge in [-0.05, 0) is 47.5 Å². The topological polar surface area (TPSA) is 74.1 Å². The van der Waals surface area contributed by atoms with Crippen molar-refractivity contribution in [3.8, 4) is 17.2 Å². The Bertz CT molecular complexity index is 1290. The van der Waals surface area contributed by atoms with Crippen molar-refractivity contribution in [1.82, 2.24) is 19.4 Å². The lowest BCUT2D eigenvalue weighted by Crippen LogP contribution is -2.38. The molecule has 1 aliphatic rings. The minimum absolute atomic E-state index is 0.485. The lowest BCUT2D eigenvalue weighted by atomic mass is 10.1. The first-order valence-electron chi connectivity index (χ1n) is 13.7. The fourth-order valence-electron chi connectivity index (χ4n) is 4.64. The molecular formula is C31H37N5O4. The molecule has 40 heavy (non-hydrogen) atoms. The van der Waals surface area contributed by atoms with Gasteiger partial charge in [-0.2, -0.15) is 0 Å². The molecule has 0 unspecified atom stereocenters. The maximum absolute atomic E-state index is 5.89. The van der Waals surface area contributed by atoms with Gasteiger partial charge in [-0.1, -0.05) is 24.3 Å². The molecule has 5 rings (SSSR count). The number of benzene rings is 2. The Kier molecular flexibility index (Phi) is 9.99. The zero-order valence-electron chi connectivity index (χ0n) is 23.0. The number of imidazole rings is 1. The summed E-state index contributed by atoms with van der Waals surface area (Å²) < 4.78 is 24.5. The molecule has 0 radical (unpaired) electrons. The Labute approximate surface area is 235 Å². The highest BCUT2D eigenvalue weighted by Gasteiger charge is 2.13. The molecule has 9 nitrogen and oxygen atoms in total. The molecule has 210 valence electrons. The van der Waals surface area contributed by atoms with E-state index in [0.717, 1.165) is 61.4 Å². The van der Waals surface area contributed by atoms with Crippen LogP contribution in [0, 0.1) is 0 Å². The molecular weight excluding hydrogens is 506 g/mol. The summed E-state index contributed by atoms with van der Waals surface area (Å²) in [5.74, 6) is 2.43. The third kappa shape index (κ3) is 8.05. The standard InChI is InChI=1S/C31H37N5O4/c1-37-29-7-3-5-27(21-29)24-36(23-26-4-2-6-28(20-26)35-11-10-32-25-35)31-9-8-30(22-33-31)40-19-18-39-17-14-34-12-15-38-16-13-34/h2-11,20-22,25H,12-19,23-24H2,1H3. The van der Waals surface area contributed by atoms with Crippen molar-refractivity contribution >= 4 is 5.82 Å². The van der Waals surface area contributed by atoms with Crippen LogP contribution in [0.15, 0.2) is 85.6 Å². The highest BCUT2D eigenvalue weighted by atomic mass is 16.5. The van der Waals surface area contributed by atoms with Gasteiger partial charge in [0.05, 0.1) is 46.1 Å². The van der Waals surface area contributed by atoms with E-state index in [9.17, 15) is 0 Å². The predicted molar refractivity (Wildman–Crippen MR) is 154 cm³/mol. The molecule has 0 amide bonds. The van der Waals surface area contributed by atoms with Gasteiger partial charge in [0.2, 0.25) is 0 Å². The second kappa shape index (κ2) is 14.5. The summed E-state index contributed by atoms with van der Waals surface area (Å²) in [7, 11) is 1.69. The van der Waals surface area contributed by atoms with E-state index in [2.05, 4.69) is 51.2 Å². The Morgan fingerprint density at radius 2 is 1.73 bits per heavy atom. The van der Waals surface area contributed by atoms with Gasteiger partial charge in [-0.3, -0.25) is 4.90 Å². The van der Waals surface area contributed by atoms with E-state index in [4.69, 9.17) is 23.9 Å². The Morgan fingerprint density at radius 1 is 0.900 bits per heavy atom. The van der Waals surface area contributed by atoms with Gasteiger partial charge in [0.25, 0.3) is 0 Å². The molecule has 0 spiro atoms.